The lowest BCUT2D eigenvalue weighted by Crippen LogP contribution is -2.49. The molecule has 6 nitrogen and oxygen atoms in total. The molecule has 1 heterocycles. The zero-order chi connectivity index (χ0) is 19.9. The predicted molar refractivity (Wildman–Crippen MR) is 110 cm³/mol. The Hall–Kier alpha value is -2.88. The van der Waals surface area contributed by atoms with Crippen LogP contribution in [0.5, 0.6) is 0 Å². The topological polar surface area (TPSA) is 74.6 Å². The Morgan fingerprint density at radius 3 is 2.79 bits per heavy atom. The van der Waals surface area contributed by atoms with Gasteiger partial charge in [0, 0.05) is 25.3 Å². The van der Waals surface area contributed by atoms with Gasteiger partial charge in [-0.05, 0) is 54.5 Å². The third kappa shape index (κ3) is 4.50. The Balaban J connectivity index is 1.87. The second-order valence-electron chi connectivity index (χ2n) is 6.50. The van der Waals surface area contributed by atoms with Crippen molar-refractivity contribution in [1.82, 2.24) is 5.32 Å². The molecule has 1 N–H and O–H groups in total. The molecule has 1 atom stereocenters. The number of carbonyl (C=O) groups is 1. The number of carbonyl (C=O) groups excluding carboxylic acids is 1. The standard InChI is InChI=1S/C22H25N3O3/c1-3-25(21-15-24-9-10-28-21)20-8-7-17-11-16(5-6-18(17)13-20)12-19(14-23)22(26)27-4-2/h5-8,11-13,21,24H,3-4,9-10,15H2,1-2H3. The molecule has 1 aliphatic heterocycles. The van der Waals surface area contributed by atoms with Crippen molar-refractivity contribution >= 4 is 28.5 Å². The van der Waals surface area contributed by atoms with Crippen LogP contribution >= 0.6 is 0 Å². The van der Waals surface area contributed by atoms with Crippen LogP contribution in [-0.4, -0.2) is 45.0 Å². The molecule has 1 saturated heterocycles. The molecule has 2 aromatic rings. The SMILES string of the molecule is CCOC(=O)C(C#N)=Cc1ccc2cc(N(CC)C3CNCCO3)ccc2c1. The van der Waals surface area contributed by atoms with Gasteiger partial charge >= 0.3 is 5.97 Å². The van der Waals surface area contributed by atoms with E-state index in [1.165, 1.54) is 0 Å². The molecule has 28 heavy (non-hydrogen) atoms. The van der Waals surface area contributed by atoms with Gasteiger partial charge in [0.15, 0.2) is 0 Å². The van der Waals surface area contributed by atoms with Crippen molar-refractivity contribution in [3.8, 4) is 6.07 Å². The van der Waals surface area contributed by atoms with Gasteiger partial charge < -0.3 is 19.7 Å². The van der Waals surface area contributed by atoms with E-state index in [0.29, 0.717) is 6.61 Å². The Morgan fingerprint density at radius 1 is 1.32 bits per heavy atom. The van der Waals surface area contributed by atoms with Crippen molar-refractivity contribution in [2.24, 2.45) is 0 Å². The zero-order valence-corrected chi connectivity index (χ0v) is 16.3. The number of hydrogen-bond donors (Lipinski definition) is 1. The first kappa shape index (κ1) is 19.9. The van der Waals surface area contributed by atoms with Gasteiger partial charge in [-0.3, -0.25) is 0 Å². The van der Waals surface area contributed by atoms with E-state index < -0.39 is 5.97 Å². The largest absolute Gasteiger partial charge is 0.462 e. The van der Waals surface area contributed by atoms with Crippen molar-refractivity contribution in [3.05, 3.63) is 47.5 Å². The van der Waals surface area contributed by atoms with Crippen LogP contribution < -0.4 is 10.2 Å². The van der Waals surface area contributed by atoms with E-state index in [4.69, 9.17) is 9.47 Å². The van der Waals surface area contributed by atoms with Crippen LogP contribution in [0, 0.1) is 11.3 Å². The molecule has 3 rings (SSSR count). The van der Waals surface area contributed by atoms with Gasteiger partial charge in [-0.25, -0.2) is 4.79 Å². The van der Waals surface area contributed by atoms with E-state index in [0.717, 1.165) is 41.7 Å². The summed E-state index contributed by atoms with van der Waals surface area (Å²) in [6, 6.07) is 14.0. The number of likely N-dealkylation sites (N-methyl/N-ethyl adjacent to an activating group) is 1. The number of esters is 1. The molecule has 0 saturated carbocycles. The van der Waals surface area contributed by atoms with E-state index in [2.05, 4.69) is 35.3 Å². The number of nitriles is 1. The van der Waals surface area contributed by atoms with Crippen LogP contribution in [0.3, 0.4) is 0 Å². The summed E-state index contributed by atoms with van der Waals surface area (Å²) < 4.78 is 10.8. The summed E-state index contributed by atoms with van der Waals surface area (Å²) in [6.45, 7) is 7.34. The highest BCUT2D eigenvalue weighted by molar-refractivity contribution is 5.98. The molecule has 6 heteroatoms. The van der Waals surface area contributed by atoms with Crippen LogP contribution in [-0.2, 0) is 14.3 Å². The van der Waals surface area contributed by atoms with Gasteiger partial charge in [0.25, 0.3) is 0 Å². The lowest BCUT2D eigenvalue weighted by atomic mass is 10.0. The minimum atomic E-state index is -0.597. The fraction of sp³-hybridized carbons (Fsp3) is 0.364. The van der Waals surface area contributed by atoms with E-state index in [1.54, 1.807) is 13.0 Å². The highest BCUT2D eigenvalue weighted by Gasteiger charge is 2.20. The maximum atomic E-state index is 11.8. The van der Waals surface area contributed by atoms with Crippen LogP contribution in [0.2, 0.25) is 0 Å². The van der Waals surface area contributed by atoms with Crippen LogP contribution in [0.1, 0.15) is 19.4 Å². The number of benzene rings is 2. The molecule has 0 spiro atoms. The maximum absolute atomic E-state index is 11.8. The Bertz CT molecular complexity index is 911. The van der Waals surface area contributed by atoms with Crippen molar-refractivity contribution in [3.63, 3.8) is 0 Å². The van der Waals surface area contributed by atoms with Gasteiger partial charge in [0.2, 0.25) is 0 Å². The minimum absolute atomic E-state index is 0.00285. The molecule has 2 aromatic carbocycles. The fourth-order valence-corrected chi connectivity index (χ4v) is 3.34. The lowest BCUT2D eigenvalue weighted by Gasteiger charge is -2.35. The summed E-state index contributed by atoms with van der Waals surface area (Å²) in [4.78, 5) is 14.1. The number of hydrogen-bond acceptors (Lipinski definition) is 6. The Morgan fingerprint density at radius 2 is 2.11 bits per heavy atom. The lowest BCUT2D eigenvalue weighted by molar-refractivity contribution is -0.137. The molecule has 0 bridgehead atoms. The molecular weight excluding hydrogens is 354 g/mol. The second kappa shape index (κ2) is 9.36. The minimum Gasteiger partial charge on any atom is -0.462 e. The monoisotopic (exact) mass is 379 g/mol. The molecule has 146 valence electrons. The third-order valence-electron chi connectivity index (χ3n) is 4.70. The molecule has 1 unspecified atom stereocenters. The second-order valence-corrected chi connectivity index (χ2v) is 6.50. The molecule has 1 fully saturated rings. The van der Waals surface area contributed by atoms with Crippen molar-refractivity contribution in [1.29, 1.82) is 5.26 Å². The van der Waals surface area contributed by atoms with E-state index in [9.17, 15) is 10.1 Å². The van der Waals surface area contributed by atoms with Crippen molar-refractivity contribution in [2.75, 3.05) is 37.7 Å². The third-order valence-corrected chi connectivity index (χ3v) is 4.70. The van der Waals surface area contributed by atoms with Crippen molar-refractivity contribution < 1.29 is 14.3 Å². The number of ether oxygens (including phenoxy) is 2. The quantitative estimate of drug-likeness (QED) is 0.472. The normalized spacial score (nSPS) is 17.2. The summed E-state index contributed by atoms with van der Waals surface area (Å²) in [7, 11) is 0. The van der Waals surface area contributed by atoms with Gasteiger partial charge in [0.1, 0.15) is 17.9 Å². The molecule has 0 radical (unpaired) electrons. The van der Waals surface area contributed by atoms with Crippen molar-refractivity contribution in [2.45, 2.75) is 20.1 Å². The summed E-state index contributed by atoms with van der Waals surface area (Å²) in [5, 5.41) is 14.7. The van der Waals surface area contributed by atoms with E-state index in [-0.39, 0.29) is 18.4 Å². The van der Waals surface area contributed by atoms with Gasteiger partial charge in [-0.1, -0.05) is 18.2 Å². The molecule has 0 aromatic heterocycles. The first-order valence-corrected chi connectivity index (χ1v) is 9.58. The highest BCUT2D eigenvalue weighted by Crippen LogP contribution is 2.26. The van der Waals surface area contributed by atoms with Gasteiger partial charge in [0.05, 0.1) is 13.2 Å². The predicted octanol–water partition coefficient (Wildman–Crippen LogP) is 3.08. The molecule has 1 aliphatic rings. The van der Waals surface area contributed by atoms with E-state index >= 15 is 0 Å². The Labute approximate surface area is 165 Å². The first-order valence-electron chi connectivity index (χ1n) is 9.58. The number of anilines is 1. The summed E-state index contributed by atoms with van der Waals surface area (Å²) >= 11 is 0. The van der Waals surface area contributed by atoms with Gasteiger partial charge in [-0.15, -0.1) is 0 Å². The smallest absolute Gasteiger partial charge is 0.348 e. The van der Waals surface area contributed by atoms with Crippen LogP contribution in [0.15, 0.2) is 42.0 Å². The number of fused-ring (bicyclic) bond motifs is 1. The summed E-state index contributed by atoms with van der Waals surface area (Å²) in [5.41, 5.74) is 1.89. The van der Waals surface area contributed by atoms with E-state index in [1.807, 2.05) is 24.3 Å². The number of nitrogens with zero attached hydrogens (tertiary/aromatic N) is 2. The van der Waals surface area contributed by atoms with Gasteiger partial charge in [-0.2, -0.15) is 5.26 Å². The van der Waals surface area contributed by atoms with Crippen LogP contribution in [0.4, 0.5) is 5.69 Å². The summed E-state index contributed by atoms with van der Waals surface area (Å²) in [6.07, 6.45) is 1.59. The number of nitrogens with one attached hydrogen (secondary N) is 1. The fourth-order valence-electron chi connectivity index (χ4n) is 3.34. The number of morpholine rings is 1. The maximum Gasteiger partial charge on any atom is 0.348 e. The Kier molecular flexibility index (Phi) is 6.64. The molecular formula is C22H25N3O3. The van der Waals surface area contributed by atoms with Crippen LogP contribution in [0.25, 0.3) is 16.8 Å². The number of rotatable bonds is 6. The highest BCUT2D eigenvalue weighted by atomic mass is 16.5. The first-order chi connectivity index (χ1) is 13.7. The average Bonchev–Trinajstić information content (AvgIpc) is 2.73. The molecule has 0 amide bonds. The average molecular weight is 379 g/mol. The summed E-state index contributed by atoms with van der Waals surface area (Å²) in [5.74, 6) is -0.597. The molecule has 0 aliphatic carbocycles. The zero-order valence-electron chi connectivity index (χ0n) is 16.3.